The van der Waals surface area contributed by atoms with Gasteiger partial charge in [0.2, 0.25) is 5.82 Å². The number of pyridine rings is 1. The first kappa shape index (κ1) is 14.9. The van der Waals surface area contributed by atoms with Crippen molar-refractivity contribution in [1.29, 1.82) is 5.26 Å². The Labute approximate surface area is 112 Å². The van der Waals surface area contributed by atoms with Crippen LogP contribution in [0.4, 0.5) is 11.5 Å². The highest BCUT2D eigenvalue weighted by Crippen LogP contribution is 2.25. The van der Waals surface area contributed by atoms with Gasteiger partial charge in [-0.15, -0.1) is 0 Å². The molecule has 1 aromatic rings. The van der Waals surface area contributed by atoms with Gasteiger partial charge in [0.25, 0.3) is 0 Å². The predicted octanol–water partition coefficient (Wildman–Crippen LogP) is 1.62. The first-order valence-electron chi connectivity index (χ1n) is 5.98. The van der Waals surface area contributed by atoms with Crippen molar-refractivity contribution in [3.63, 3.8) is 0 Å². The van der Waals surface area contributed by atoms with E-state index in [4.69, 9.17) is 5.26 Å². The number of unbranched alkanes of at least 4 members (excludes halogenated alkanes) is 1. The second-order valence-electron chi connectivity index (χ2n) is 4.36. The highest BCUT2D eigenvalue weighted by Gasteiger charge is 2.20. The Kier molecular flexibility index (Phi) is 5.70. The molecule has 0 bridgehead atoms. The van der Waals surface area contributed by atoms with E-state index in [1.165, 1.54) is 12.3 Å². The van der Waals surface area contributed by atoms with Gasteiger partial charge in [-0.25, -0.2) is 4.98 Å². The van der Waals surface area contributed by atoms with Crippen molar-refractivity contribution in [2.24, 2.45) is 0 Å². The maximum absolute atomic E-state index is 10.9. The van der Waals surface area contributed by atoms with E-state index in [0.29, 0.717) is 6.54 Å². The summed E-state index contributed by atoms with van der Waals surface area (Å²) in [5.41, 5.74) is -0.228. The fraction of sp³-hybridized carbons (Fsp3) is 0.500. The molecule has 0 saturated heterocycles. The predicted molar refractivity (Wildman–Crippen MR) is 71.9 cm³/mol. The first-order valence-corrected chi connectivity index (χ1v) is 5.98. The summed E-state index contributed by atoms with van der Waals surface area (Å²) in [5, 5.41) is 22.7. The van der Waals surface area contributed by atoms with Crippen LogP contribution in [0.15, 0.2) is 12.3 Å². The standard InChI is InChI=1S/C12H17N5O2/c1-16(2)8-4-3-6-14-12-11(17(18)19)10(9-13)5-7-15-12/h5,7H,3-4,6,8H2,1-2H3,(H,14,15). The van der Waals surface area contributed by atoms with Gasteiger partial charge in [0.15, 0.2) is 0 Å². The average molecular weight is 263 g/mol. The van der Waals surface area contributed by atoms with Crippen LogP contribution in [0.25, 0.3) is 0 Å². The zero-order valence-corrected chi connectivity index (χ0v) is 11.1. The quantitative estimate of drug-likeness (QED) is 0.456. The molecule has 0 spiro atoms. The van der Waals surface area contributed by atoms with Crippen LogP contribution < -0.4 is 5.32 Å². The van der Waals surface area contributed by atoms with Crippen LogP contribution in [0.3, 0.4) is 0 Å². The highest BCUT2D eigenvalue weighted by atomic mass is 16.6. The molecule has 7 heteroatoms. The van der Waals surface area contributed by atoms with Crippen LogP contribution in [0, 0.1) is 21.4 Å². The molecule has 0 atom stereocenters. The third kappa shape index (κ3) is 4.52. The number of nitriles is 1. The van der Waals surface area contributed by atoms with E-state index in [0.717, 1.165) is 19.4 Å². The Bertz CT molecular complexity index is 481. The molecular weight excluding hydrogens is 246 g/mol. The first-order chi connectivity index (χ1) is 9.06. The van der Waals surface area contributed by atoms with Gasteiger partial charge in [0.1, 0.15) is 11.6 Å². The summed E-state index contributed by atoms with van der Waals surface area (Å²) in [4.78, 5) is 16.4. The van der Waals surface area contributed by atoms with E-state index < -0.39 is 4.92 Å². The van der Waals surface area contributed by atoms with Gasteiger partial charge >= 0.3 is 5.69 Å². The number of rotatable bonds is 7. The molecule has 7 nitrogen and oxygen atoms in total. The Balaban J connectivity index is 2.64. The highest BCUT2D eigenvalue weighted by molar-refractivity contribution is 5.63. The summed E-state index contributed by atoms with van der Waals surface area (Å²) in [6.07, 6.45) is 3.27. The number of nitro groups is 1. The molecule has 1 heterocycles. The zero-order chi connectivity index (χ0) is 14.3. The fourth-order valence-corrected chi connectivity index (χ4v) is 1.62. The van der Waals surface area contributed by atoms with Crippen LogP contribution in [-0.2, 0) is 0 Å². The number of nitrogens with zero attached hydrogens (tertiary/aromatic N) is 4. The average Bonchev–Trinajstić information content (AvgIpc) is 2.37. The normalized spacial score (nSPS) is 10.2. The molecule has 0 aromatic carbocycles. The van der Waals surface area contributed by atoms with E-state index in [9.17, 15) is 10.1 Å². The lowest BCUT2D eigenvalue weighted by molar-refractivity contribution is -0.384. The fourth-order valence-electron chi connectivity index (χ4n) is 1.62. The minimum atomic E-state index is -0.576. The van der Waals surface area contributed by atoms with E-state index >= 15 is 0 Å². The van der Waals surface area contributed by atoms with Gasteiger partial charge in [-0.1, -0.05) is 0 Å². The molecule has 0 fully saturated rings. The van der Waals surface area contributed by atoms with E-state index in [1.807, 2.05) is 14.1 Å². The smallest absolute Gasteiger partial charge is 0.328 e. The molecule has 0 saturated carbocycles. The Morgan fingerprint density at radius 2 is 2.26 bits per heavy atom. The van der Waals surface area contributed by atoms with Crippen LogP contribution in [0.2, 0.25) is 0 Å². The van der Waals surface area contributed by atoms with E-state index in [-0.39, 0.29) is 17.1 Å². The van der Waals surface area contributed by atoms with Gasteiger partial charge < -0.3 is 10.2 Å². The molecule has 0 amide bonds. The SMILES string of the molecule is CN(C)CCCCNc1nccc(C#N)c1[N+](=O)[O-]. The molecule has 0 aliphatic rings. The molecule has 0 aliphatic heterocycles. The Hall–Kier alpha value is -2.20. The minimum Gasteiger partial charge on any atom is -0.364 e. The van der Waals surface area contributed by atoms with E-state index in [2.05, 4.69) is 15.2 Å². The summed E-state index contributed by atoms with van der Waals surface area (Å²) >= 11 is 0. The van der Waals surface area contributed by atoms with Crippen molar-refractivity contribution in [2.45, 2.75) is 12.8 Å². The van der Waals surface area contributed by atoms with Gasteiger partial charge in [0, 0.05) is 12.7 Å². The summed E-state index contributed by atoms with van der Waals surface area (Å²) in [6, 6.07) is 3.15. The van der Waals surface area contributed by atoms with Crippen molar-refractivity contribution in [3.05, 3.63) is 27.9 Å². The van der Waals surface area contributed by atoms with Crippen molar-refractivity contribution in [3.8, 4) is 6.07 Å². The molecule has 102 valence electrons. The van der Waals surface area contributed by atoms with Gasteiger partial charge in [0.05, 0.1) is 4.92 Å². The van der Waals surface area contributed by atoms with Gasteiger partial charge in [-0.05, 0) is 39.5 Å². The second kappa shape index (κ2) is 7.28. The maximum Gasteiger partial charge on any atom is 0.328 e. The molecule has 1 aromatic heterocycles. The maximum atomic E-state index is 10.9. The summed E-state index contributed by atoms with van der Waals surface area (Å²) in [7, 11) is 3.99. The van der Waals surface area contributed by atoms with Crippen LogP contribution >= 0.6 is 0 Å². The number of hydrogen-bond donors (Lipinski definition) is 1. The number of nitrogens with one attached hydrogen (secondary N) is 1. The minimum absolute atomic E-state index is 0.0239. The lowest BCUT2D eigenvalue weighted by Gasteiger charge is -2.10. The Morgan fingerprint density at radius 3 is 2.84 bits per heavy atom. The number of hydrogen-bond acceptors (Lipinski definition) is 6. The topological polar surface area (TPSA) is 95.1 Å². The van der Waals surface area contributed by atoms with Crippen molar-refractivity contribution in [1.82, 2.24) is 9.88 Å². The lowest BCUT2D eigenvalue weighted by Crippen LogP contribution is -2.14. The van der Waals surface area contributed by atoms with E-state index in [1.54, 1.807) is 6.07 Å². The molecular formula is C12H17N5O2. The summed E-state index contributed by atoms with van der Waals surface area (Å²) in [5.74, 6) is 0.161. The van der Waals surface area contributed by atoms with Crippen LogP contribution in [0.5, 0.6) is 0 Å². The molecule has 0 radical (unpaired) electrons. The van der Waals surface area contributed by atoms with Gasteiger partial charge in [-0.2, -0.15) is 5.26 Å². The third-order valence-corrected chi connectivity index (χ3v) is 2.55. The van der Waals surface area contributed by atoms with Crippen molar-refractivity contribution < 1.29 is 4.92 Å². The molecule has 0 unspecified atom stereocenters. The number of anilines is 1. The monoisotopic (exact) mass is 263 g/mol. The largest absolute Gasteiger partial charge is 0.364 e. The second-order valence-corrected chi connectivity index (χ2v) is 4.36. The zero-order valence-electron chi connectivity index (χ0n) is 11.1. The summed E-state index contributed by atoms with van der Waals surface area (Å²) < 4.78 is 0. The molecule has 1 rings (SSSR count). The molecule has 1 N–H and O–H groups in total. The summed E-state index contributed by atoms with van der Waals surface area (Å²) in [6.45, 7) is 1.56. The van der Waals surface area contributed by atoms with Gasteiger partial charge in [-0.3, -0.25) is 10.1 Å². The van der Waals surface area contributed by atoms with Crippen LogP contribution in [0.1, 0.15) is 18.4 Å². The van der Waals surface area contributed by atoms with Crippen molar-refractivity contribution in [2.75, 3.05) is 32.5 Å². The Morgan fingerprint density at radius 1 is 1.53 bits per heavy atom. The van der Waals surface area contributed by atoms with Crippen LogP contribution in [-0.4, -0.2) is 42.0 Å². The lowest BCUT2D eigenvalue weighted by atomic mass is 10.2. The molecule has 0 aliphatic carbocycles. The third-order valence-electron chi connectivity index (χ3n) is 2.55. The number of aromatic nitrogens is 1. The van der Waals surface area contributed by atoms with Crippen molar-refractivity contribution >= 4 is 11.5 Å². The molecule has 19 heavy (non-hydrogen) atoms.